The topological polar surface area (TPSA) is 63.2 Å². The van der Waals surface area contributed by atoms with Gasteiger partial charge in [-0.3, -0.25) is 9.78 Å². The second kappa shape index (κ2) is 9.40. The maximum absolute atomic E-state index is 14.2. The number of amides is 1. The highest BCUT2D eigenvalue weighted by Gasteiger charge is 2.32. The SMILES string of the molecule is C=IC(F)(F)c1cc(F)ccc1Nc1cnc(CNC(=O)[C@@H]2CCOC2)c(Cl)c1. The molecule has 2 N–H and O–H groups in total. The molecule has 0 unspecified atom stereocenters. The molecule has 0 aliphatic carbocycles. The van der Waals surface area contributed by atoms with Crippen molar-refractivity contribution in [2.75, 3.05) is 18.5 Å². The van der Waals surface area contributed by atoms with Crippen molar-refractivity contribution in [3.05, 3.63) is 52.6 Å². The van der Waals surface area contributed by atoms with Gasteiger partial charge in [0, 0.05) is 12.3 Å². The quantitative estimate of drug-likeness (QED) is 0.395. The Labute approximate surface area is 180 Å². The van der Waals surface area contributed by atoms with E-state index in [9.17, 15) is 18.0 Å². The summed E-state index contributed by atoms with van der Waals surface area (Å²) in [5.41, 5.74) is 0.407. The number of nitrogens with one attached hydrogen (secondary N) is 2. The van der Waals surface area contributed by atoms with Crippen molar-refractivity contribution in [1.29, 1.82) is 0 Å². The first-order chi connectivity index (χ1) is 13.8. The average molecular weight is 540 g/mol. The Morgan fingerprint density at radius 1 is 1.41 bits per heavy atom. The third-order valence-corrected chi connectivity index (χ3v) is 6.25. The molecule has 0 bridgehead atoms. The van der Waals surface area contributed by atoms with Gasteiger partial charge in [0.05, 0.1) is 47.2 Å². The lowest BCUT2D eigenvalue weighted by atomic mass is 10.1. The minimum Gasteiger partial charge on any atom is -0.381 e. The van der Waals surface area contributed by atoms with E-state index in [0.29, 0.717) is 31.0 Å². The Kier molecular flexibility index (Phi) is 7.12. The van der Waals surface area contributed by atoms with Crippen LogP contribution in [-0.2, 0) is 20.0 Å². The Hall–Kier alpha value is -1.72. The van der Waals surface area contributed by atoms with E-state index in [2.05, 4.69) is 20.1 Å². The van der Waals surface area contributed by atoms with Crippen LogP contribution in [0.1, 0.15) is 17.7 Å². The number of pyridine rings is 1. The van der Waals surface area contributed by atoms with Gasteiger partial charge in [0.1, 0.15) is 5.82 Å². The molecule has 0 saturated carbocycles. The van der Waals surface area contributed by atoms with Crippen molar-refractivity contribution >= 4 is 54.1 Å². The molecule has 2 aromatic rings. The molecule has 1 atom stereocenters. The predicted octanol–water partition coefficient (Wildman–Crippen LogP) is 4.72. The number of carbonyl (C=O) groups excluding carboxylic acids is 1. The van der Waals surface area contributed by atoms with E-state index in [4.69, 9.17) is 16.3 Å². The number of halogens is 5. The van der Waals surface area contributed by atoms with Gasteiger partial charge in [-0.1, -0.05) is 16.1 Å². The maximum Gasteiger partial charge on any atom is 0.318 e. The first-order valence-corrected chi connectivity index (χ1v) is 11.6. The number of alkyl halides is 3. The van der Waals surface area contributed by atoms with Crippen molar-refractivity contribution in [1.82, 2.24) is 10.3 Å². The van der Waals surface area contributed by atoms with E-state index in [-0.39, 0.29) is 29.1 Å². The van der Waals surface area contributed by atoms with Crippen LogP contribution >= 0.6 is 32.3 Å². The van der Waals surface area contributed by atoms with E-state index in [1.165, 1.54) is 18.3 Å². The molecule has 156 valence electrons. The minimum absolute atomic E-state index is 0.0555. The van der Waals surface area contributed by atoms with E-state index in [1.807, 2.05) is 0 Å². The molecule has 1 aromatic carbocycles. The number of anilines is 2. The fraction of sp³-hybridized carbons (Fsp3) is 0.316. The molecule has 1 aliphatic rings. The summed E-state index contributed by atoms with van der Waals surface area (Å²) in [4.78, 5) is 16.2. The third kappa shape index (κ3) is 5.46. The van der Waals surface area contributed by atoms with Gasteiger partial charge >= 0.3 is 3.93 Å². The number of hydrogen-bond acceptors (Lipinski definition) is 4. The zero-order valence-electron chi connectivity index (χ0n) is 15.2. The lowest BCUT2D eigenvalue weighted by Gasteiger charge is -2.18. The zero-order chi connectivity index (χ0) is 21.0. The lowest BCUT2D eigenvalue weighted by Crippen LogP contribution is -2.30. The van der Waals surface area contributed by atoms with Crippen LogP contribution in [0.15, 0.2) is 30.5 Å². The van der Waals surface area contributed by atoms with E-state index in [1.54, 1.807) is 0 Å². The van der Waals surface area contributed by atoms with E-state index >= 15 is 0 Å². The van der Waals surface area contributed by atoms with Crippen molar-refractivity contribution in [3.8, 4) is 0 Å². The Bertz CT molecular complexity index is 924. The second-order valence-electron chi connectivity index (χ2n) is 6.38. The van der Waals surface area contributed by atoms with Crippen LogP contribution in [0.3, 0.4) is 0 Å². The highest BCUT2D eigenvalue weighted by molar-refractivity contribution is 14.2. The molecule has 1 saturated heterocycles. The molecular weight excluding hydrogens is 522 g/mol. The lowest BCUT2D eigenvalue weighted by molar-refractivity contribution is -0.125. The van der Waals surface area contributed by atoms with Crippen LogP contribution in [0.5, 0.6) is 0 Å². The molecule has 1 aromatic heterocycles. The normalized spacial score (nSPS) is 16.6. The van der Waals surface area contributed by atoms with Crippen LogP contribution in [0.2, 0.25) is 5.02 Å². The summed E-state index contributed by atoms with van der Waals surface area (Å²) < 4.78 is 47.2. The predicted molar refractivity (Wildman–Crippen MR) is 115 cm³/mol. The molecule has 5 nitrogen and oxygen atoms in total. The molecule has 0 radical (unpaired) electrons. The minimum atomic E-state index is -3.19. The first-order valence-electron chi connectivity index (χ1n) is 8.64. The van der Waals surface area contributed by atoms with Gasteiger partial charge < -0.3 is 15.4 Å². The zero-order valence-corrected chi connectivity index (χ0v) is 18.1. The van der Waals surface area contributed by atoms with Crippen molar-refractivity contribution in [2.45, 2.75) is 16.9 Å². The van der Waals surface area contributed by atoms with Crippen LogP contribution in [0.25, 0.3) is 0 Å². The van der Waals surface area contributed by atoms with Gasteiger partial charge in [0.15, 0.2) is 0 Å². The summed E-state index contributed by atoms with van der Waals surface area (Å²) in [6.45, 7) is 1.11. The van der Waals surface area contributed by atoms with Gasteiger partial charge in [0.25, 0.3) is 0 Å². The van der Waals surface area contributed by atoms with Gasteiger partial charge in [0.2, 0.25) is 5.91 Å². The molecule has 3 rings (SSSR count). The number of hydrogen-bond donors (Lipinski definition) is 2. The highest BCUT2D eigenvalue weighted by Crippen LogP contribution is 2.43. The number of rotatable bonds is 7. The van der Waals surface area contributed by atoms with Crippen molar-refractivity contribution < 1.29 is 22.7 Å². The number of ether oxygens (including phenoxy) is 1. The molecule has 10 heteroatoms. The fourth-order valence-corrected chi connectivity index (χ4v) is 3.90. The Morgan fingerprint density at radius 2 is 2.21 bits per heavy atom. The summed E-state index contributed by atoms with van der Waals surface area (Å²) in [5.74, 6) is -1.06. The number of aromatic nitrogens is 1. The fourth-order valence-electron chi connectivity index (χ4n) is 2.81. The van der Waals surface area contributed by atoms with Crippen molar-refractivity contribution in [2.24, 2.45) is 5.92 Å². The van der Waals surface area contributed by atoms with Crippen LogP contribution in [0, 0.1) is 11.7 Å². The first kappa shape index (κ1) is 22.0. The van der Waals surface area contributed by atoms with E-state index < -0.39 is 36.0 Å². The molecule has 0 spiro atoms. The number of carbonyl (C=O) groups is 1. The third-order valence-electron chi connectivity index (χ3n) is 4.38. The van der Waals surface area contributed by atoms with Gasteiger partial charge in [-0.25, -0.2) is 4.39 Å². The Balaban J connectivity index is 1.72. The molecule has 1 amide bonds. The number of benzene rings is 1. The molecule has 29 heavy (non-hydrogen) atoms. The molecule has 1 fully saturated rings. The maximum atomic E-state index is 14.2. The second-order valence-corrected chi connectivity index (χ2v) is 8.90. The van der Waals surface area contributed by atoms with Gasteiger partial charge in [-0.15, -0.1) is 0 Å². The monoisotopic (exact) mass is 539 g/mol. The number of nitrogens with zero attached hydrogens (tertiary/aromatic N) is 1. The van der Waals surface area contributed by atoms with Crippen molar-refractivity contribution in [3.63, 3.8) is 0 Å². The summed E-state index contributed by atoms with van der Waals surface area (Å²) in [6.07, 6.45) is 2.09. The van der Waals surface area contributed by atoms with Crippen LogP contribution in [-0.4, -0.2) is 28.6 Å². The van der Waals surface area contributed by atoms with Crippen LogP contribution < -0.4 is 10.6 Å². The van der Waals surface area contributed by atoms with Crippen LogP contribution in [0.4, 0.5) is 24.5 Å². The summed E-state index contributed by atoms with van der Waals surface area (Å²) in [7, 11) is 0. The summed E-state index contributed by atoms with van der Waals surface area (Å²) >= 11 is 4.50. The average Bonchev–Trinajstić information content (AvgIpc) is 3.23. The molecule has 1 aliphatic heterocycles. The largest absolute Gasteiger partial charge is 0.381 e. The van der Waals surface area contributed by atoms with E-state index in [0.717, 1.165) is 12.1 Å². The standard InChI is InChI=1S/C19H18ClF3IN3O2/c1-24-19(22,23)14-6-12(21)2-3-16(14)27-13-7-15(20)17(25-8-13)9-26-18(28)11-4-5-29-10-11/h2-3,6-8,11,27H,1,4-5,9-10H2,(H,26,28)/t11-/m1/s1. The van der Waals surface area contributed by atoms with Gasteiger partial charge in [-0.05, 0) is 51.4 Å². The van der Waals surface area contributed by atoms with Gasteiger partial charge in [-0.2, -0.15) is 8.78 Å². The summed E-state index contributed by atoms with van der Waals surface area (Å²) in [5, 5.41) is 5.84. The summed E-state index contributed by atoms with van der Waals surface area (Å²) in [6, 6.07) is 4.65. The smallest absolute Gasteiger partial charge is 0.318 e. The highest BCUT2D eigenvalue weighted by atomic mass is 127. The molecular formula is C19H18ClF3IN3O2. The molecule has 2 heterocycles. The Morgan fingerprint density at radius 3 is 2.86 bits per heavy atom.